The normalized spacial score (nSPS) is 18.5. The van der Waals surface area contributed by atoms with Crippen molar-refractivity contribution in [3.8, 4) is 0 Å². The molecule has 21 heavy (non-hydrogen) atoms. The monoisotopic (exact) mass is 337 g/mol. The van der Waals surface area contributed by atoms with Crippen LogP contribution in [0.5, 0.6) is 0 Å². The van der Waals surface area contributed by atoms with Crippen LogP contribution >= 0.6 is 24.8 Å². The Hall–Kier alpha value is -0.820. The lowest BCUT2D eigenvalue weighted by atomic mass is 10.1. The number of carbonyl (C=O) groups is 1. The molecule has 8 heteroatoms. The second-order valence-corrected chi connectivity index (χ2v) is 5.21. The minimum Gasteiger partial charge on any atom is -0.316 e. The average Bonchev–Trinajstić information content (AvgIpc) is 2.68. The third kappa shape index (κ3) is 5.82. The molecule has 1 fully saturated rings. The zero-order valence-electron chi connectivity index (χ0n) is 12.8. The van der Waals surface area contributed by atoms with E-state index in [9.17, 15) is 4.79 Å². The quantitative estimate of drug-likeness (QED) is 0.866. The third-order valence-electron chi connectivity index (χ3n) is 3.55. The predicted octanol–water partition coefficient (Wildman–Crippen LogP) is 1.19. The summed E-state index contributed by atoms with van der Waals surface area (Å²) in [5.74, 6) is 0.782. The van der Waals surface area contributed by atoms with Crippen molar-refractivity contribution in [3.05, 3.63) is 11.8 Å². The van der Waals surface area contributed by atoms with Crippen molar-refractivity contribution in [2.24, 2.45) is 7.05 Å². The Kier molecular flexibility index (Phi) is 8.89. The Morgan fingerprint density at radius 3 is 2.76 bits per heavy atom. The van der Waals surface area contributed by atoms with Crippen LogP contribution in [0.2, 0.25) is 0 Å². The number of hydrogen-bond acceptors (Lipinski definition) is 4. The van der Waals surface area contributed by atoms with Crippen molar-refractivity contribution in [3.63, 3.8) is 0 Å². The molecule has 1 aromatic heterocycles. The molecule has 0 bridgehead atoms. The van der Waals surface area contributed by atoms with Crippen LogP contribution < -0.4 is 10.6 Å². The van der Waals surface area contributed by atoms with Crippen LogP contribution in [-0.2, 0) is 11.8 Å². The van der Waals surface area contributed by atoms with Crippen LogP contribution in [0.25, 0.3) is 0 Å². The Bertz CT molecular complexity index is 452. The van der Waals surface area contributed by atoms with Gasteiger partial charge in [-0.05, 0) is 33.4 Å². The van der Waals surface area contributed by atoms with Gasteiger partial charge in [-0.15, -0.1) is 24.8 Å². The molecule has 0 aliphatic carbocycles. The van der Waals surface area contributed by atoms with E-state index in [-0.39, 0.29) is 30.7 Å². The van der Waals surface area contributed by atoms with Gasteiger partial charge in [-0.2, -0.15) is 5.10 Å². The maximum Gasteiger partial charge on any atom is 0.239 e. The molecule has 1 atom stereocenters. The zero-order chi connectivity index (χ0) is 13.8. The highest BCUT2D eigenvalue weighted by Crippen LogP contribution is 2.11. The summed E-state index contributed by atoms with van der Waals surface area (Å²) in [6.07, 6.45) is 2.33. The number of aromatic nitrogens is 2. The SMILES string of the molecule is CNC1CCCN(CC(=O)Nc2cc(C)nn2C)C1.Cl.Cl. The summed E-state index contributed by atoms with van der Waals surface area (Å²) >= 11 is 0. The number of likely N-dealkylation sites (tertiary alicyclic amines) is 1. The minimum absolute atomic E-state index is 0. The number of piperidine rings is 1. The van der Waals surface area contributed by atoms with Crippen molar-refractivity contribution < 1.29 is 4.79 Å². The number of hydrogen-bond donors (Lipinski definition) is 2. The second-order valence-electron chi connectivity index (χ2n) is 5.21. The van der Waals surface area contributed by atoms with Gasteiger partial charge in [0.25, 0.3) is 0 Å². The Morgan fingerprint density at radius 1 is 1.48 bits per heavy atom. The lowest BCUT2D eigenvalue weighted by molar-refractivity contribution is -0.117. The van der Waals surface area contributed by atoms with Gasteiger partial charge < -0.3 is 10.6 Å². The number of aryl methyl sites for hydroxylation is 2. The fourth-order valence-electron chi connectivity index (χ4n) is 2.55. The van der Waals surface area contributed by atoms with E-state index >= 15 is 0 Å². The smallest absolute Gasteiger partial charge is 0.239 e. The van der Waals surface area contributed by atoms with E-state index in [0.717, 1.165) is 31.0 Å². The molecule has 0 saturated carbocycles. The average molecular weight is 338 g/mol. The van der Waals surface area contributed by atoms with E-state index in [1.165, 1.54) is 6.42 Å². The van der Waals surface area contributed by atoms with Gasteiger partial charge in [0, 0.05) is 25.7 Å². The summed E-state index contributed by atoms with van der Waals surface area (Å²) in [6, 6.07) is 2.38. The molecule has 0 aromatic carbocycles. The number of rotatable bonds is 4. The molecule has 1 saturated heterocycles. The highest BCUT2D eigenvalue weighted by Gasteiger charge is 2.20. The Balaban J connectivity index is 0.00000200. The first kappa shape index (κ1) is 20.2. The summed E-state index contributed by atoms with van der Waals surface area (Å²) in [7, 11) is 3.81. The van der Waals surface area contributed by atoms with E-state index in [4.69, 9.17) is 0 Å². The molecule has 122 valence electrons. The molecule has 1 aliphatic rings. The van der Waals surface area contributed by atoms with Gasteiger partial charge in [-0.25, -0.2) is 0 Å². The summed E-state index contributed by atoms with van der Waals surface area (Å²) in [4.78, 5) is 14.2. The van der Waals surface area contributed by atoms with Gasteiger partial charge >= 0.3 is 0 Å². The third-order valence-corrected chi connectivity index (χ3v) is 3.55. The first-order valence-electron chi connectivity index (χ1n) is 6.78. The van der Waals surface area contributed by atoms with Crippen molar-refractivity contribution in [2.75, 3.05) is 32.0 Å². The first-order chi connectivity index (χ1) is 9.08. The first-order valence-corrected chi connectivity index (χ1v) is 6.78. The minimum atomic E-state index is 0. The number of anilines is 1. The zero-order valence-corrected chi connectivity index (χ0v) is 14.4. The predicted molar refractivity (Wildman–Crippen MR) is 89.6 cm³/mol. The largest absolute Gasteiger partial charge is 0.316 e. The van der Waals surface area contributed by atoms with E-state index in [2.05, 4.69) is 20.6 Å². The van der Waals surface area contributed by atoms with Crippen molar-refractivity contribution in [1.82, 2.24) is 20.0 Å². The molecular formula is C13H25Cl2N5O. The van der Waals surface area contributed by atoms with Crippen LogP contribution in [0.15, 0.2) is 6.07 Å². The van der Waals surface area contributed by atoms with E-state index < -0.39 is 0 Å². The lowest BCUT2D eigenvalue weighted by Crippen LogP contribution is -2.47. The molecule has 6 nitrogen and oxygen atoms in total. The van der Waals surface area contributed by atoms with E-state index in [0.29, 0.717) is 12.6 Å². The molecule has 2 heterocycles. The van der Waals surface area contributed by atoms with Crippen molar-refractivity contribution in [1.29, 1.82) is 0 Å². The second kappa shape index (κ2) is 9.25. The van der Waals surface area contributed by atoms with Gasteiger partial charge in [0.2, 0.25) is 5.91 Å². The van der Waals surface area contributed by atoms with E-state index in [1.54, 1.807) is 4.68 Å². The molecule has 1 aromatic rings. The highest BCUT2D eigenvalue weighted by molar-refractivity contribution is 5.91. The molecule has 1 unspecified atom stereocenters. The van der Waals surface area contributed by atoms with Crippen LogP contribution in [0.4, 0.5) is 5.82 Å². The maximum atomic E-state index is 12.0. The maximum absolute atomic E-state index is 12.0. The van der Waals surface area contributed by atoms with Gasteiger partial charge in [0.1, 0.15) is 5.82 Å². The summed E-state index contributed by atoms with van der Waals surface area (Å²) < 4.78 is 1.69. The summed E-state index contributed by atoms with van der Waals surface area (Å²) in [5, 5.41) is 10.4. The molecule has 0 radical (unpaired) electrons. The van der Waals surface area contributed by atoms with Crippen LogP contribution in [-0.4, -0.2) is 53.3 Å². The van der Waals surface area contributed by atoms with Crippen LogP contribution in [0.3, 0.4) is 0 Å². The number of nitrogens with zero attached hydrogens (tertiary/aromatic N) is 3. The van der Waals surface area contributed by atoms with Gasteiger partial charge in [0.05, 0.1) is 12.2 Å². The van der Waals surface area contributed by atoms with Crippen molar-refractivity contribution >= 4 is 36.5 Å². The number of halogens is 2. The Morgan fingerprint density at radius 2 is 2.19 bits per heavy atom. The van der Waals surface area contributed by atoms with Crippen molar-refractivity contribution in [2.45, 2.75) is 25.8 Å². The lowest BCUT2D eigenvalue weighted by Gasteiger charge is -2.31. The van der Waals surface area contributed by atoms with Crippen LogP contribution in [0.1, 0.15) is 18.5 Å². The topological polar surface area (TPSA) is 62.2 Å². The van der Waals surface area contributed by atoms with Crippen LogP contribution in [0, 0.1) is 6.92 Å². The number of likely N-dealkylation sites (N-methyl/N-ethyl adjacent to an activating group) is 1. The molecule has 1 amide bonds. The molecule has 2 N–H and O–H groups in total. The fourth-order valence-corrected chi connectivity index (χ4v) is 2.55. The fraction of sp³-hybridized carbons (Fsp3) is 0.692. The molecule has 1 aliphatic heterocycles. The number of nitrogens with one attached hydrogen (secondary N) is 2. The number of amides is 1. The van der Waals surface area contributed by atoms with Gasteiger partial charge in [0.15, 0.2) is 0 Å². The Labute approximate surface area is 138 Å². The van der Waals surface area contributed by atoms with Gasteiger partial charge in [-0.1, -0.05) is 0 Å². The van der Waals surface area contributed by atoms with E-state index in [1.807, 2.05) is 27.1 Å². The van der Waals surface area contributed by atoms with Gasteiger partial charge in [-0.3, -0.25) is 14.4 Å². The summed E-state index contributed by atoms with van der Waals surface area (Å²) in [5.41, 5.74) is 0.908. The molecule has 0 spiro atoms. The number of carbonyl (C=O) groups excluding carboxylic acids is 1. The standard InChI is InChI=1S/C13H23N5O.2ClH/c1-10-7-12(17(3)16-10)15-13(19)9-18-6-4-5-11(8-18)14-2;;/h7,11,14H,4-6,8-9H2,1-3H3,(H,15,19);2*1H. The molecule has 2 rings (SSSR count). The highest BCUT2D eigenvalue weighted by atomic mass is 35.5. The molecular weight excluding hydrogens is 313 g/mol. The summed E-state index contributed by atoms with van der Waals surface area (Å²) in [6.45, 7) is 4.30.